The molecule has 0 aliphatic carbocycles. The highest BCUT2D eigenvalue weighted by Gasteiger charge is 2.07. The number of benzene rings is 1. The maximum absolute atomic E-state index is 4.57. The summed E-state index contributed by atoms with van der Waals surface area (Å²) in [5.41, 5.74) is 2.10. The first-order chi connectivity index (χ1) is 6.93. The Morgan fingerprint density at radius 1 is 1.21 bits per heavy atom. The summed E-state index contributed by atoms with van der Waals surface area (Å²) in [4.78, 5) is 5.75. The third kappa shape index (κ3) is 1.17. The van der Waals surface area contributed by atoms with E-state index in [2.05, 4.69) is 21.8 Å². The zero-order valence-corrected chi connectivity index (χ0v) is 8.21. The van der Waals surface area contributed by atoms with Crippen LogP contribution in [-0.2, 0) is 0 Å². The van der Waals surface area contributed by atoms with Gasteiger partial charge in [-0.05, 0) is 30.2 Å². The third-order valence-electron chi connectivity index (χ3n) is 2.19. The Morgan fingerprint density at radius 3 is 3.14 bits per heavy atom. The van der Waals surface area contributed by atoms with Crippen LogP contribution >= 0.6 is 11.9 Å². The van der Waals surface area contributed by atoms with Crippen molar-refractivity contribution in [3.05, 3.63) is 42.2 Å². The van der Waals surface area contributed by atoms with Crippen molar-refractivity contribution >= 4 is 28.9 Å². The molecule has 1 aliphatic heterocycles. The molecule has 1 aliphatic rings. The molecule has 1 aromatic heterocycles. The zero-order valence-electron chi connectivity index (χ0n) is 7.40. The van der Waals surface area contributed by atoms with Gasteiger partial charge in [-0.15, -0.1) is 0 Å². The Labute approximate surface area is 86.2 Å². The summed E-state index contributed by atoms with van der Waals surface area (Å²) in [6.07, 6.45) is 3.91. The normalized spacial score (nSPS) is 13.7. The van der Waals surface area contributed by atoms with E-state index in [4.69, 9.17) is 0 Å². The molecule has 3 heteroatoms. The highest BCUT2D eigenvalue weighted by Crippen LogP contribution is 2.27. The largest absolute Gasteiger partial charge is 0.332 e. The molecule has 0 atom stereocenters. The molecule has 14 heavy (non-hydrogen) atoms. The smallest absolute Gasteiger partial charge is 0.0805 e. The quantitative estimate of drug-likeness (QED) is 0.662. The van der Waals surface area contributed by atoms with Crippen LogP contribution in [0, 0.1) is 0 Å². The molecule has 0 unspecified atom stereocenters. The molecule has 1 N–H and O–H groups in total. The molecule has 3 rings (SSSR count). The lowest BCUT2D eigenvalue weighted by Crippen LogP contribution is -1.99. The van der Waals surface area contributed by atoms with Crippen LogP contribution in [0.5, 0.6) is 0 Å². The van der Waals surface area contributed by atoms with Gasteiger partial charge in [-0.2, -0.15) is 0 Å². The Bertz CT molecular complexity index is 520. The van der Waals surface area contributed by atoms with Crippen molar-refractivity contribution in [3.8, 4) is 0 Å². The second-order valence-corrected chi connectivity index (χ2v) is 4.00. The summed E-state index contributed by atoms with van der Waals surface area (Å²) in [5, 5.41) is 1.19. The average Bonchev–Trinajstić information content (AvgIpc) is 2.26. The van der Waals surface area contributed by atoms with E-state index in [0.717, 1.165) is 11.2 Å². The Morgan fingerprint density at radius 2 is 2.14 bits per heavy atom. The van der Waals surface area contributed by atoms with E-state index in [1.54, 1.807) is 11.9 Å². The summed E-state index contributed by atoms with van der Waals surface area (Å²) < 4.78 is 3.10. The first-order valence-corrected chi connectivity index (χ1v) is 5.24. The molecule has 2 heterocycles. The second-order valence-electron chi connectivity index (χ2n) is 3.12. The van der Waals surface area contributed by atoms with Crippen LogP contribution in [0.3, 0.4) is 0 Å². The van der Waals surface area contributed by atoms with Gasteiger partial charge in [0.1, 0.15) is 0 Å². The maximum atomic E-state index is 4.57. The fraction of sp³-hybridized carbons (Fsp3) is 0. The Kier molecular flexibility index (Phi) is 1.70. The fourth-order valence-electron chi connectivity index (χ4n) is 1.52. The molecule has 0 saturated carbocycles. The lowest BCUT2D eigenvalue weighted by atomic mass is 10.2. The fourth-order valence-corrected chi connectivity index (χ4v) is 2.19. The highest BCUT2D eigenvalue weighted by atomic mass is 32.2. The molecule has 2 nitrogen and oxygen atoms in total. The van der Waals surface area contributed by atoms with Gasteiger partial charge >= 0.3 is 0 Å². The van der Waals surface area contributed by atoms with Crippen LogP contribution < -0.4 is 4.72 Å². The average molecular weight is 200 g/mol. The van der Waals surface area contributed by atoms with Crippen molar-refractivity contribution in [3.63, 3.8) is 0 Å². The van der Waals surface area contributed by atoms with Crippen molar-refractivity contribution in [1.82, 2.24) is 9.71 Å². The van der Waals surface area contributed by atoms with Crippen molar-refractivity contribution in [2.24, 2.45) is 0 Å². The molecule has 0 amide bonds. The molecule has 0 radical (unpaired) electrons. The van der Waals surface area contributed by atoms with Crippen LogP contribution in [0.4, 0.5) is 0 Å². The van der Waals surface area contributed by atoms with E-state index in [0.29, 0.717) is 0 Å². The summed E-state index contributed by atoms with van der Waals surface area (Å²) in [6.45, 7) is 0. The van der Waals surface area contributed by atoms with Crippen molar-refractivity contribution in [2.75, 3.05) is 0 Å². The van der Waals surface area contributed by atoms with Gasteiger partial charge in [-0.3, -0.25) is 0 Å². The molecule has 68 valence electrons. The molecule has 1 aromatic carbocycles. The van der Waals surface area contributed by atoms with Crippen LogP contribution in [0.25, 0.3) is 17.0 Å². The van der Waals surface area contributed by atoms with Crippen molar-refractivity contribution in [2.45, 2.75) is 4.90 Å². The second kappa shape index (κ2) is 3.03. The van der Waals surface area contributed by atoms with E-state index in [1.807, 2.05) is 30.5 Å². The molecule has 0 saturated heterocycles. The van der Waals surface area contributed by atoms with Gasteiger partial charge in [0.25, 0.3) is 0 Å². The molecular weight excluding hydrogens is 192 g/mol. The van der Waals surface area contributed by atoms with Crippen molar-refractivity contribution < 1.29 is 0 Å². The third-order valence-corrected chi connectivity index (χ3v) is 3.00. The van der Waals surface area contributed by atoms with Gasteiger partial charge in [-0.25, -0.2) is 4.98 Å². The van der Waals surface area contributed by atoms with Gasteiger partial charge in [0.2, 0.25) is 0 Å². The van der Waals surface area contributed by atoms with E-state index in [1.165, 1.54) is 10.3 Å². The first-order valence-electron chi connectivity index (χ1n) is 4.42. The molecule has 0 bridgehead atoms. The molecule has 0 fully saturated rings. The number of fused-ring (bicyclic) bond motifs is 2. The number of para-hydroxylation sites is 1. The van der Waals surface area contributed by atoms with E-state index < -0.39 is 0 Å². The summed E-state index contributed by atoms with van der Waals surface area (Å²) in [7, 11) is 0. The van der Waals surface area contributed by atoms with E-state index in [9.17, 15) is 0 Å². The lowest BCUT2D eigenvalue weighted by molar-refractivity contribution is 1.22. The van der Waals surface area contributed by atoms with E-state index >= 15 is 0 Å². The number of pyridine rings is 1. The monoisotopic (exact) mass is 200 g/mol. The minimum absolute atomic E-state index is 1.05. The van der Waals surface area contributed by atoms with Gasteiger partial charge in [-0.1, -0.05) is 18.2 Å². The predicted octanol–water partition coefficient (Wildman–Crippen LogP) is 2.82. The predicted molar refractivity (Wildman–Crippen MR) is 59.8 cm³/mol. The van der Waals surface area contributed by atoms with Crippen molar-refractivity contribution in [1.29, 1.82) is 0 Å². The zero-order chi connectivity index (χ0) is 9.38. The lowest BCUT2D eigenvalue weighted by Gasteiger charge is -2.10. The number of nitrogens with zero attached hydrogens (tertiary/aromatic N) is 1. The molecule has 2 aromatic rings. The topological polar surface area (TPSA) is 24.9 Å². The number of hydrogen-bond donors (Lipinski definition) is 1. The van der Waals surface area contributed by atoms with Gasteiger partial charge in [0.05, 0.1) is 16.1 Å². The number of hydrogen-bond acceptors (Lipinski definition) is 3. The molecule has 0 spiro atoms. The van der Waals surface area contributed by atoms with Crippen LogP contribution in [0.2, 0.25) is 0 Å². The van der Waals surface area contributed by atoms with Crippen LogP contribution in [0.1, 0.15) is 5.69 Å². The number of nitrogens with one attached hydrogen (secondary N) is 1. The minimum Gasteiger partial charge on any atom is -0.332 e. The standard InChI is InChI=1S/C11H8N2S/c1-2-4-9-8(3-1)7-11-10(13-9)5-6-12-14-11/h1-7,12H. The highest BCUT2D eigenvalue weighted by molar-refractivity contribution is 7.97. The van der Waals surface area contributed by atoms with Crippen LogP contribution in [0.15, 0.2) is 41.4 Å². The SMILES string of the molecule is C1=Cc2nc3ccccc3cc2SN1. The summed E-state index contributed by atoms with van der Waals surface area (Å²) >= 11 is 1.60. The minimum atomic E-state index is 1.05. The summed E-state index contributed by atoms with van der Waals surface area (Å²) in [5.74, 6) is 0. The Balaban J connectivity index is 2.34. The number of rotatable bonds is 0. The maximum Gasteiger partial charge on any atom is 0.0805 e. The van der Waals surface area contributed by atoms with Gasteiger partial charge in [0.15, 0.2) is 0 Å². The van der Waals surface area contributed by atoms with Crippen LogP contribution in [-0.4, -0.2) is 4.98 Å². The Hall–Kier alpha value is -1.48. The van der Waals surface area contributed by atoms with E-state index in [-0.39, 0.29) is 0 Å². The van der Waals surface area contributed by atoms with Gasteiger partial charge < -0.3 is 4.72 Å². The number of aromatic nitrogens is 1. The van der Waals surface area contributed by atoms with Gasteiger partial charge in [0, 0.05) is 11.6 Å². The summed E-state index contributed by atoms with van der Waals surface area (Å²) in [6, 6.07) is 10.3. The molecular formula is C11H8N2S. The first kappa shape index (κ1) is 7.88.